The second-order valence-corrected chi connectivity index (χ2v) is 4.42. The summed E-state index contributed by atoms with van der Waals surface area (Å²) >= 11 is 1.61. The first-order valence-corrected chi connectivity index (χ1v) is 6.07. The molecule has 0 radical (unpaired) electrons. The monoisotopic (exact) mass is 244 g/mol. The van der Waals surface area contributed by atoms with Gasteiger partial charge in [-0.25, -0.2) is 0 Å². The van der Waals surface area contributed by atoms with E-state index >= 15 is 0 Å². The van der Waals surface area contributed by atoms with Crippen LogP contribution in [0.4, 0.5) is 0 Å². The Labute approximate surface area is 104 Å². The third kappa shape index (κ3) is 3.04. The molecule has 1 heterocycles. The molecule has 0 saturated heterocycles. The highest BCUT2D eigenvalue weighted by atomic mass is 32.1. The van der Waals surface area contributed by atoms with Crippen molar-refractivity contribution < 1.29 is 9.53 Å². The second-order valence-electron chi connectivity index (χ2n) is 3.44. The summed E-state index contributed by atoms with van der Waals surface area (Å²) in [5, 5.41) is 1.98. The van der Waals surface area contributed by atoms with E-state index in [9.17, 15) is 4.79 Å². The minimum Gasteiger partial charge on any atom is -0.497 e. The maximum Gasteiger partial charge on any atom is 0.185 e. The summed E-state index contributed by atoms with van der Waals surface area (Å²) in [5.74, 6) is 0.754. The first-order valence-electron chi connectivity index (χ1n) is 5.19. The molecule has 0 aliphatic heterocycles. The Kier molecular flexibility index (Phi) is 3.73. The Hall–Kier alpha value is -1.87. The molecule has 0 unspecified atom stereocenters. The molecule has 0 aliphatic carbocycles. The fraction of sp³-hybridized carbons (Fsp3) is 0.0714. The van der Waals surface area contributed by atoms with Gasteiger partial charge in [0, 0.05) is 10.4 Å². The van der Waals surface area contributed by atoms with Crippen molar-refractivity contribution in [2.24, 2.45) is 0 Å². The van der Waals surface area contributed by atoms with Crippen molar-refractivity contribution >= 4 is 23.2 Å². The first-order chi connectivity index (χ1) is 8.29. The zero-order chi connectivity index (χ0) is 12.1. The molecule has 0 amide bonds. The van der Waals surface area contributed by atoms with Crippen molar-refractivity contribution in [3.63, 3.8) is 0 Å². The van der Waals surface area contributed by atoms with Crippen LogP contribution < -0.4 is 4.74 Å². The van der Waals surface area contributed by atoms with Crippen molar-refractivity contribution in [1.29, 1.82) is 0 Å². The number of ketones is 1. The number of allylic oxidation sites excluding steroid dienone is 1. The molecule has 1 aromatic carbocycles. The van der Waals surface area contributed by atoms with E-state index in [0.29, 0.717) is 5.56 Å². The topological polar surface area (TPSA) is 26.3 Å². The molecule has 0 fully saturated rings. The predicted molar refractivity (Wildman–Crippen MR) is 70.7 cm³/mol. The molecule has 0 saturated carbocycles. The molecule has 2 nitrogen and oxygen atoms in total. The average Bonchev–Trinajstić information content (AvgIpc) is 2.89. The fourth-order valence-corrected chi connectivity index (χ4v) is 2.01. The van der Waals surface area contributed by atoms with E-state index < -0.39 is 0 Å². The van der Waals surface area contributed by atoms with Crippen LogP contribution in [0.2, 0.25) is 0 Å². The van der Waals surface area contributed by atoms with Gasteiger partial charge in [0.1, 0.15) is 5.75 Å². The zero-order valence-electron chi connectivity index (χ0n) is 9.42. The van der Waals surface area contributed by atoms with Gasteiger partial charge in [-0.1, -0.05) is 6.07 Å². The molecule has 86 valence electrons. The third-order valence-electron chi connectivity index (χ3n) is 2.32. The van der Waals surface area contributed by atoms with Crippen LogP contribution in [0.1, 0.15) is 15.2 Å². The number of rotatable bonds is 4. The van der Waals surface area contributed by atoms with E-state index in [2.05, 4.69) is 0 Å². The number of ether oxygens (including phenoxy) is 1. The van der Waals surface area contributed by atoms with E-state index in [1.165, 1.54) is 0 Å². The molecule has 0 spiro atoms. The van der Waals surface area contributed by atoms with Gasteiger partial charge in [0.15, 0.2) is 5.78 Å². The molecule has 0 aliphatic rings. The molecular formula is C14H12O2S. The van der Waals surface area contributed by atoms with Gasteiger partial charge in [0.25, 0.3) is 0 Å². The largest absolute Gasteiger partial charge is 0.497 e. The number of carbonyl (C=O) groups is 1. The SMILES string of the molecule is COc1ccc(C(=O)C=Cc2cccs2)cc1. The van der Waals surface area contributed by atoms with E-state index in [-0.39, 0.29) is 5.78 Å². The summed E-state index contributed by atoms with van der Waals surface area (Å²) in [7, 11) is 1.60. The summed E-state index contributed by atoms with van der Waals surface area (Å²) in [6.07, 6.45) is 3.42. The Balaban J connectivity index is 2.09. The molecule has 0 N–H and O–H groups in total. The van der Waals surface area contributed by atoms with Crippen molar-refractivity contribution in [3.05, 3.63) is 58.3 Å². The summed E-state index contributed by atoms with van der Waals surface area (Å²) in [4.78, 5) is 12.9. The minimum absolute atomic E-state index is 0.000975. The van der Waals surface area contributed by atoms with E-state index in [4.69, 9.17) is 4.74 Å². The lowest BCUT2D eigenvalue weighted by atomic mass is 10.1. The van der Waals surface area contributed by atoms with Crippen LogP contribution in [0.5, 0.6) is 5.75 Å². The zero-order valence-corrected chi connectivity index (χ0v) is 10.2. The first kappa shape index (κ1) is 11.6. The maximum absolute atomic E-state index is 11.8. The van der Waals surface area contributed by atoms with Gasteiger partial charge in [-0.05, 0) is 47.9 Å². The van der Waals surface area contributed by atoms with Crippen LogP contribution in [-0.4, -0.2) is 12.9 Å². The number of methoxy groups -OCH3 is 1. The van der Waals surface area contributed by atoms with Crippen LogP contribution in [0, 0.1) is 0 Å². The van der Waals surface area contributed by atoms with E-state index in [1.807, 2.05) is 23.6 Å². The number of carbonyl (C=O) groups excluding carboxylic acids is 1. The van der Waals surface area contributed by atoms with Crippen molar-refractivity contribution in [2.45, 2.75) is 0 Å². The van der Waals surface area contributed by atoms with Crippen LogP contribution in [0.25, 0.3) is 6.08 Å². The highest BCUT2D eigenvalue weighted by molar-refractivity contribution is 7.10. The lowest BCUT2D eigenvalue weighted by Crippen LogP contribution is -1.93. The second kappa shape index (κ2) is 5.46. The van der Waals surface area contributed by atoms with Gasteiger partial charge in [-0.2, -0.15) is 0 Å². The molecule has 2 aromatic rings. The molecular weight excluding hydrogens is 232 g/mol. The third-order valence-corrected chi connectivity index (χ3v) is 3.15. The summed E-state index contributed by atoms with van der Waals surface area (Å²) in [5.41, 5.74) is 0.665. The van der Waals surface area contributed by atoms with Crippen LogP contribution >= 0.6 is 11.3 Å². The van der Waals surface area contributed by atoms with Crippen LogP contribution in [-0.2, 0) is 0 Å². The van der Waals surface area contributed by atoms with Crippen LogP contribution in [0.3, 0.4) is 0 Å². The van der Waals surface area contributed by atoms with E-state index in [1.54, 1.807) is 48.8 Å². The summed E-state index contributed by atoms with van der Waals surface area (Å²) < 4.78 is 5.04. The van der Waals surface area contributed by atoms with E-state index in [0.717, 1.165) is 10.6 Å². The molecule has 2 rings (SSSR count). The van der Waals surface area contributed by atoms with Crippen LogP contribution in [0.15, 0.2) is 47.9 Å². The number of thiophene rings is 1. The highest BCUT2D eigenvalue weighted by Crippen LogP contribution is 2.14. The van der Waals surface area contributed by atoms with Crippen molar-refractivity contribution in [2.75, 3.05) is 7.11 Å². The molecule has 0 atom stereocenters. The summed E-state index contributed by atoms with van der Waals surface area (Å²) in [6, 6.07) is 11.0. The fourth-order valence-electron chi connectivity index (χ4n) is 1.40. The Bertz CT molecular complexity index is 510. The molecule has 17 heavy (non-hydrogen) atoms. The normalized spacial score (nSPS) is 10.6. The Morgan fingerprint density at radius 2 is 2.00 bits per heavy atom. The standard InChI is InChI=1S/C14H12O2S/c1-16-12-6-4-11(5-7-12)14(15)9-8-13-3-2-10-17-13/h2-10H,1H3. The van der Waals surface area contributed by atoms with Gasteiger partial charge in [0.2, 0.25) is 0 Å². The number of benzene rings is 1. The quantitative estimate of drug-likeness (QED) is 0.606. The van der Waals surface area contributed by atoms with Gasteiger partial charge < -0.3 is 4.74 Å². The van der Waals surface area contributed by atoms with Crippen molar-refractivity contribution in [1.82, 2.24) is 0 Å². The smallest absolute Gasteiger partial charge is 0.185 e. The lowest BCUT2D eigenvalue weighted by Gasteiger charge is -1.99. The van der Waals surface area contributed by atoms with Gasteiger partial charge in [0.05, 0.1) is 7.11 Å². The number of hydrogen-bond acceptors (Lipinski definition) is 3. The van der Waals surface area contributed by atoms with Gasteiger partial charge in [-0.15, -0.1) is 11.3 Å². The van der Waals surface area contributed by atoms with Crippen molar-refractivity contribution in [3.8, 4) is 5.75 Å². The molecule has 0 bridgehead atoms. The predicted octanol–water partition coefficient (Wildman–Crippen LogP) is 3.65. The lowest BCUT2D eigenvalue weighted by molar-refractivity contribution is 0.104. The molecule has 1 aromatic heterocycles. The Morgan fingerprint density at radius 3 is 2.59 bits per heavy atom. The molecule has 3 heteroatoms. The maximum atomic E-state index is 11.8. The summed E-state index contributed by atoms with van der Waals surface area (Å²) in [6.45, 7) is 0. The number of hydrogen-bond donors (Lipinski definition) is 0. The van der Waals surface area contributed by atoms with Gasteiger partial charge in [-0.3, -0.25) is 4.79 Å². The average molecular weight is 244 g/mol. The highest BCUT2D eigenvalue weighted by Gasteiger charge is 2.01. The Morgan fingerprint density at radius 1 is 1.24 bits per heavy atom. The minimum atomic E-state index is 0.000975. The van der Waals surface area contributed by atoms with Gasteiger partial charge >= 0.3 is 0 Å².